The third-order valence-corrected chi connectivity index (χ3v) is 5.68. The number of phenolic OH excluding ortho intramolecular Hbond substituents is 1. The Labute approximate surface area is 173 Å². The minimum absolute atomic E-state index is 0.0424. The minimum Gasteiger partial charge on any atom is -0.505 e. The monoisotopic (exact) mass is 439 g/mol. The van der Waals surface area contributed by atoms with E-state index >= 15 is 0 Å². The molecule has 3 N–H and O–H groups in total. The predicted octanol–water partition coefficient (Wildman–Crippen LogP) is 4.88. The first-order valence-electron chi connectivity index (χ1n) is 9.42. The molecule has 0 saturated heterocycles. The van der Waals surface area contributed by atoms with Gasteiger partial charge >= 0.3 is 6.18 Å². The average molecular weight is 439 g/mol. The Kier molecular flexibility index (Phi) is 4.80. The lowest BCUT2D eigenvalue weighted by Gasteiger charge is -2.45. The first-order chi connectivity index (χ1) is 14.4. The second kappa shape index (κ2) is 7.01. The number of nitrogens with one attached hydrogen (secondary N) is 1. The van der Waals surface area contributed by atoms with Gasteiger partial charge in [-0.25, -0.2) is 18.7 Å². The highest BCUT2D eigenvalue weighted by atomic mass is 19.4. The fraction of sp³-hybridized carbons (Fsp3) is 0.333. The van der Waals surface area contributed by atoms with Crippen molar-refractivity contribution in [3.8, 4) is 5.75 Å². The maximum Gasteiger partial charge on any atom is 0.419 e. The SMILES string of the molecule is Cc1ncc2c(N[C@H]3c4ccc(F)c(O)c4[C@H](C)C[C@]3(O)C(F)(F)F)cc(F)cc2n1. The van der Waals surface area contributed by atoms with E-state index in [1.807, 2.05) is 0 Å². The number of aromatic nitrogens is 2. The number of aromatic hydroxyl groups is 1. The normalized spacial score (nSPS) is 23.6. The van der Waals surface area contributed by atoms with Gasteiger partial charge < -0.3 is 15.5 Å². The first kappa shape index (κ1) is 21.2. The molecule has 0 radical (unpaired) electrons. The van der Waals surface area contributed by atoms with Crippen LogP contribution in [0.25, 0.3) is 10.9 Å². The van der Waals surface area contributed by atoms with E-state index in [0.29, 0.717) is 5.82 Å². The Bertz CT molecular complexity index is 1180. The fourth-order valence-electron chi connectivity index (χ4n) is 4.26. The van der Waals surface area contributed by atoms with Crippen LogP contribution >= 0.6 is 0 Å². The van der Waals surface area contributed by atoms with E-state index in [2.05, 4.69) is 15.3 Å². The molecule has 0 unspecified atom stereocenters. The molecule has 0 saturated carbocycles. The van der Waals surface area contributed by atoms with Gasteiger partial charge in [-0.2, -0.15) is 13.2 Å². The van der Waals surface area contributed by atoms with Gasteiger partial charge in [-0.05, 0) is 37.0 Å². The average Bonchev–Trinajstić information content (AvgIpc) is 2.65. The van der Waals surface area contributed by atoms with Gasteiger partial charge in [0, 0.05) is 28.9 Å². The number of aliphatic hydroxyl groups is 1. The van der Waals surface area contributed by atoms with E-state index in [9.17, 15) is 32.2 Å². The lowest BCUT2D eigenvalue weighted by Crippen LogP contribution is -2.55. The second-order valence-electron chi connectivity index (χ2n) is 7.81. The molecule has 0 bridgehead atoms. The van der Waals surface area contributed by atoms with Crippen molar-refractivity contribution in [3.63, 3.8) is 0 Å². The maximum absolute atomic E-state index is 14.2. The molecule has 0 amide bonds. The number of aryl methyl sites for hydroxylation is 1. The molecule has 1 aliphatic rings. The molecule has 4 rings (SSSR count). The Balaban J connectivity index is 1.94. The number of benzene rings is 2. The van der Waals surface area contributed by atoms with Gasteiger partial charge in [0.25, 0.3) is 0 Å². The van der Waals surface area contributed by atoms with E-state index < -0.39 is 47.5 Å². The summed E-state index contributed by atoms with van der Waals surface area (Å²) in [6.45, 7) is 2.94. The van der Waals surface area contributed by atoms with Crippen LogP contribution in [0, 0.1) is 18.6 Å². The molecule has 10 heteroatoms. The number of hydrogen-bond donors (Lipinski definition) is 3. The summed E-state index contributed by atoms with van der Waals surface area (Å²) in [6.07, 6.45) is -4.57. The molecule has 1 aliphatic carbocycles. The summed E-state index contributed by atoms with van der Waals surface area (Å²) in [5.41, 5.74) is -3.36. The summed E-state index contributed by atoms with van der Waals surface area (Å²) in [6, 6.07) is 2.14. The molecule has 1 aromatic heterocycles. The number of nitrogens with zero attached hydrogens (tertiary/aromatic N) is 2. The zero-order valence-corrected chi connectivity index (χ0v) is 16.4. The van der Waals surface area contributed by atoms with Gasteiger partial charge in [0.2, 0.25) is 0 Å². The van der Waals surface area contributed by atoms with Crippen molar-refractivity contribution in [3.05, 3.63) is 59.0 Å². The van der Waals surface area contributed by atoms with E-state index in [4.69, 9.17) is 0 Å². The Morgan fingerprint density at radius 2 is 1.90 bits per heavy atom. The Morgan fingerprint density at radius 3 is 2.58 bits per heavy atom. The summed E-state index contributed by atoms with van der Waals surface area (Å²) in [5, 5.41) is 23.8. The molecule has 3 atom stereocenters. The number of fused-ring (bicyclic) bond motifs is 2. The van der Waals surface area contributed by atoms with Crippen molar-refractivity contribution in [1.82, 2.24) is 9.97 Å². The zero-order valence-electron chi connectivity index (χ0n) is 16.4. The summed E-state index contributed by atoms with van der Waals surface area (Å²) in [4.78, 5) is 8.10. The van der Waals surface area contributed by atoms with Crippen LogP contribution < -0.4 is 5.32 Å². The highest BCUT2D eigenvalue weighted by Crippen LogP contribution is 2.54. The number of phenols is 1. The number of hydrogen-bond acceptors (Lipinski definition) is 5. The molecule has 0 spiro atoms. The van der Waals surface area contributed by atoms with Gasteiger partial charge in [0.05, 0.1) is 11.6 Å². The van der Waals surface area contributed by atoms with Crippen LogP contribution in [-0.2, 0) is 0 Å². The largest absolute Gasteiger partial charge is 0.505 e. The minimum atomic E-state index is -5.07. The molecule has 3 aromatic rings. The molecule has 5 nitrogen and oxygen atoms in total. The molecule has 0 fully saturated rings. The van der Waals surface area contributed by atoms with E-state index in [1.54, 1.807) is 6.92 Å². The number of alkyl halides is 3. The molecule has 164 valence electrons. The van der Waals surface area contributed by atoms with Crippen molar-refractivity contribution in [2.75, 3.05) is 5.32 Å². The molecule has 1 heterocycles. The van der Waals surface area contributed by atoms with Crippen molar-refractivity contribution in [2.24, 2.45) is 0 Å². The van der Waals surface area contributed by atoms with Crippen LogP contribution in [0.1, 0.15) is 42.3 Å². The van der Waals surface area contributed by atoms with E-state index in [1.165, 1.54) is 13.1 Å². The van der Waals surface area contributed by atoms with Crippen LogP contribution in [0.2, 0.25) is 0 Å². The molecule has 0 aliphatic heterocycles. The lowest BCUT2D eigenvalue weighted by atomic mass is 9.70. The van der Waals surface area contributed by atoms with Crippen LogP contribution in [0.5, 0.6) is 5.75 Å². The number of anilines is 1. The molecular weight excluding hydrogens is 421 g/mol. The standard InChI is InChI=1S/C21H18F5N3O2/c1-9-7-20(31,21(24,25)26)19(12-3-4-14(23)18(30)17(9)12)29-16-6-11(22)5-15-13(16)8-27-10(2)28-15/h3-6,8-9,19,29-31H,7H2,1-2H3/t9-,19+,20-/m1/s1. The van der Waals surface area contributed by atoms with Gasteiger partial charge in [-0.3, -0.25) is 0 Å². The zero-order chi connectivity index (χ0) is 22.7. The van der Waals surface area contributed by atoms with Crippen molar-refractivity contribution < 1.29 is 32.2 Å². The summed E-state index contributed by atoms with van der Waals surface area (Å²) < 4.78 is 70.3. The van der Waals surface area contributed by atoms with Gasteiger partial charge in [0.15, 0.2) is 17.2 Å². The van der Waals surface area contributed by atoms with Gasteiger partial charge in [0.1, 0.15) is 11.6 Å². The Morgan fingerprint density at radius 1 is 1.19 bits per heavy atom. The van der Waals surface area contributed by atoms with E-state index in [0.717, 1.165) is 24.3 Å². The second-order valence-corrected chi connectivity index (χ2v) is 7.81. The lowest BCUT2D eigenvalue weighted by molar-refractivity contribution is -0.272. The maximum atomic E-state index is 14.2. The third-order valence-electron chi connectivity index (χ3n) is 5.68. The highest BCUT2D eigenvalue weighted by molar-refractivity contribution is 5.91. The van der Waals surface area contributed by atoms with Crippen LogP contribution in [0.4, 0.5) is 27.6 Å². The van der Waals surface area contributed by atoms with Crippen LogP contribution in [0.15, 0.2) is 30.5 Å². The van der Waals surface area contributed by atoms with Crippen LogP contribution in [-0.4, -0.2) is 32.0 Å². The van der Waals surface area contributed by atoms with Crippen molar-refractivity contribution in [1.29, 1.82) is 0 Å². The predicted molar refractivity (Wildman–Crippen MR) is 103 cm³/mol. The topological polar surface area (TPSA) is 78.3 Å². The number of halogens is 5. The van der Waals surface area contributed by atoms with Gasteiger partial charge in [-0.1, -0.05) is 13.0 Å². The van der Waals surface area contributed by atoms with E-state index in [-0.39, 0.29) is 27.7 Å². The molecular formula is C21H18F5N3O2. The summed E-state index contributed by atoms with van der Waals surface area (Å²) in [5.74, 6) is -3.17. The number of rotatable bonds is 2. The fourth-order valence-corrected chi connectivity index (χ4v) is 4.26. The Hall–Kier alpha value is -3.01. The quantitative estimate of drug-likeness (QED) is 0.497. The molecule has 31 heavy (non-hydrogen) atoms. The third kappa shape index (κ3) is 3.34. The van der Waals surface area contributed by atoms with Crippen molar-refractivity contribution in [2.45, 2.75) is 44.0 Å². The summed E-state index contributed by atoms with van der Waals surface area (Å²) >= 11 is 0. The highest BCUT2D eigenvalue weighted by Gasteiger charge is 2.62. The van der Waals surface area contributed by atoms with Crippen molar-refractivity contribution >= 4 is 16.6 Å². The van der Waals surface area contributed by atoms with Gasteiger partial charge in [-0.15, -0.1) is 0 Å². The van der Waals surface area contributed by atoms with Crippen LogP contribution in [0.3, 0.4) is 0 Å². The first-order valence-corrected chi connectivity index (χ1v) is 9.42. The smallest absolute Gasteiger partial charge is 0.419 e. The summed E-state index contributed by atoms with van der Waals surface area (Å²) in [7, 11) is 0. The molecule has 2 aromatic carbocycles.